The van der Waals surface area contributed by atoms with Gasteiger partial charge in [0.1, 0.15) is 5.82 Å². The van der Waals surface area contributed by atoms with Crippen molar-refractivity contribution in [3.8, 4) is 0 Å². The van der Waals surface area contributed by atoms with Gasteiger partial charge in [0.2, 0.25) is 0 Å². The highest BCUT2D eigenvalue weighted by Gasteiger charge is 2.24. The molecule has 146 valence electrons. The second-order valence-corrected chi connectivity index (χ2v) is 7.95. The van der Waals surface area contributed by atoms with Crippen LogP contribution in [0.1, 0.15) is 23.6 Å². The predicted molar refractivity (Wildman–Crippen MR) is 124 cm³/mol. The first kappa shape index (κ1) is 17.1. The number of pyridine rings is 1. The third-order valence-electron chi connectivity index (χ3n) is 6.22. The zero-order valence-corrected chi connectivity index (χ0v) is 16.5. The molecule has 1 aliphatic rings. The number of nitrogen functional groups attached to an aromatic ring is 1. The third-order valence-corrected chi connectivity index (χ3v) is 6.22. The van der Waals surface area contributed by atoms with Gasteiger partial charge in [0.05, 0.1) is 17.1 Å². The number of aromatic nitrogens is 2. The van der Waals surface area contributed by atoms with Gasteiger partial charge in [0.15, 0.2) is 0 Å². The molecule has 0 aliphatic heterocycles. The van der Waals surface area contributed by atoms with E-state index in [1.54, 1.807) is 0 Å². The Labute approximate surface area is 175 Å². The van der Waals surface area contributed by atoms with Crippen molar-refractivity contribution in [3.05, 3.63) is 96.2 Å². The highest BCUT2D eigenvalue weighted by molar-refractivity contribution is 5.99. The Balaban J connectivity index is 1.43. The van der Waals surface area contributed by atoms with E-state index in [4.69, 9.17) is 5.73 Å². The Morgan fingerprint density at radius 2 is 1.67 bits per heavy atom. The molecule has 0 radical (unpaired) electrons. The number of hydrogen-bond acceptors (Lipinski definition) is 3. The zero-order chi connectivity index (χ0) is 20.1. The van der Waals surface area contributed by atoms with Crippen LogP contribution in [0.15, 0.2) is 85.1 Å². The number of nitrogens with two attached hydrogens (primary N) is 1. The molecular formula is C26H22N4. The maximum absolute atomic E-state index is 5.86. The van der Waals surface area contributed by atoms with E-state index in [-0.39, 0.29) is 0 Å². The molecule has 1 atom stereocenters. The maximum Gasteiger partial charge on any atom is 0.124 e. The predicted octanol–water partition coefficient (Wildman–Crippen LogP) is 6.05. The second kappa shape index (κ2) is 6.63. The fourth-order valence-electron chi connectivity index (χ4n) is 4.82. The molecular weight excluding hydrogens is 368 g/mol. The molecule has 2 heterocycles. The standard InChI is InChI=1S/C26H22N4/c27-26-14-12-19-21(7-3-8-22(19)29-26)28-23-9-4-10-24-20(23)15-16-30(24)25-13-11-17-5-1-2-6-18(17)25/h1-10,12,14-16,25,28H,11,13H2,(H2,27,29)/t25-/m1/s1. The molecule has 0 bridgehead atoms. The number of fused-ring (bicyclic) bond motifs is 3. The van der Waals surface area contributed by atoms with Crippen LogP contribution in [0.4, 0.5) is 17.2 Å². The van der Waals surface area contributed by atoms with Crippen molar-refractivity contribution in [2.75, 3.05) is 11.1 Å². The highest BCUT2D eigenvalue weighted by Crippen LogP contribution is 2.38. The van der Waals surface area contributed by atoms with E-state index in [1.165, 1.54) is 22.0 Å². The Morgan fingerprint density at radius 3 is 2.60 bits per heavy atom. The van der Waals surface area contributed by atoms with Gasteiger partial charge in [-0.25, -0.2) is 4.98 Å². The fraction of sp³-hybridized carbons (Fsp3) is 0.115. The average Bonchev–Trinajstić information content (AvgIpc) is 3.38. The zero-order valence-electron chi connectivity index (χ0n) is 16.5. The SMILES string of the molecule is Nc1ccc2c(Nc3cccc4c3ccn4[C@@H]3CCc4ccccc43)cccc2n1. The Bertz CT molecular complexity index is 1400. The van der Waals surface area contributed by atoms with Crippen molar-refractivity contribution < 1.29 is 0 Å². The van der Waals surface area contributed by atoms with E-state index in [9.17, 15) is 0 Å². The molecule has 0 spiro atoms. The summed E-state index contributed by atoms with van der Waals surface area (Å²) in [5.74, 6) is 0.538. The van der Waals surface area contributed by atoms with Crippen LogP contribution in [-0.2, 0) is 6.42 Å². The van der Waals surface area contributed by atoms with Crippen molar-refractivity contribution in [1.82, 2.24) is 9.55 Å². The molecule has 0 fully saturated rings. The summed E-state index contributed by atoms with van der Waals surface area (Å²) < 4.78 is 2.43. The van der Waals surface area contributed by atoms with E-state index in [1.807, 2.05) is 24.3 Å². The van der Waals surface area contributed by atoms with Gasteiger partial charge in [-0.2, -0.15) is 0 Å². The number of benzene rings is 3. The van der Waals surface area contributed by atoms with Gasteiger partial charge in [0.25, 0.3) is 0 Å². The van der Waals surface area contributed by atoms with Crippen LogP contribution in [0.2, 0.25) is 0 Å². The van der Waals surface area contributed by atoms with Gasteiger partial charge in [-0.1, -0.05) is 36.4 Å². The fourth-order valence-corrected chi connectivity index (χ4v) is 4.82. The molecule has 0 saturated carbocycles. The summed E-state index contributed by atoms with van der Waals surface area (Å²) in [6.07, 6.45) is 4.52. The molecule has 6 rings (SSSR count). The van der Waals surface area contributed by atoms with Crippen molar-refractivity contribution in [1.29, 1.82) is 0 Å². The van der Waals surface area contributed by atoms with Crippen molar-refractivity contribution in [3.63, 3.8) is 0 Å². The molecule has 3 aromatic carbocycles. The first-order valence-electron chi connectivity index (χ1n) is 10.4. The maximum atomic E-state index is 5.86. The van der Waals surface area contributed by atoms with Gasteiger partial charge < -0.3 is 15.6 Å². The van der Waals surface area contributed by atoms with Crippen LogP contribution >= 0.6 is 0 Å². The monoisotopic (exact) mass is 390 g/mol. The highest BCUT2D eigenvalue weighted by atomic mass is 15.0. The van der Waals surface area contributed by atoms with Gasteiger partial charge in [-0.3, -0.25) is 0 Å². The van der Waals surface area contributed by atoms with Crippen LogP contribution in [0.3, 0.4) is 0 Å². The van der Waals surface area contributed by atoms with Gasteiger partial charge >= 0.3 is 0 Å². The Hall–Kier alpha value is -3.79. The molecule has 30 heavy (non-hydrogen) atoms. The normalized spacial score (nSPS) is 15.5. The number of rotatable bonds is 3. The van der Waals surface area contributed by atoms with Crippen molar-refractivity contribution in [2.24, 2.45) is 0 Å². The van der Waals surface area contributed by atoms with Crippen LogP contribution in [0, 0.1) is 0 Å². The molecule has 1 aliphatic carbocycles. The average molecular weight is 390 g/mol. The van der Waals surface area contributed by atoms with Crippen molar-refractivity contribution >= 4 is 39.0 Å². The minimum absolute atomic E-state index is 0.402. The molecule has 3 N–H and O–H groups in total. The quantitative estimate of drug-likeness (QED) is 0.394. The summed E-state index contributed by atoms with van der Waals surface area (Å²) >= 11 is 0. The molecule has 4 heteroatoms. The van der Waals surface area contributed by atoms with E-state index < -0.39 is 0 Å². The van der Waals surface area contributed by atoms with Gasteiger partial charge in [-0.15, -0.1) is 0 Å². The van der Waals surface area contributed by atoms with Crippen LogP contribution < -0.4 is 11.1 Å². The van der Waals surface area contributed by atoms with Crippen LogP contribution in [-0.4, -0.2) is 9.55 Å². The topological polar surface area (TPSA) is 55.9 Å². The first-order valence-corrected chi connectivity index (χ1v) is 10.4. The largest absolute Gasteiger partial charge is 0.384 e. The lowest BCUT2D eigenvalue weighted by atomic mass is 10.1. The van der Waals surface area contributed by atoms with E-state index in [2.05, 4.69) is 75.7 Å². The molecule has 2 aromatic heterocycles. The minimum atomic E-state index is 0.402. The van der Waals surface area contributed by atoms with E-state index in [0.717, 1.165) is 35.1 Å². The molecule has 0 unspecified atom stereocenters. The summed E-state index contributed by atoms with van der Waals surface area (Å²) in [6.45, 7) is 0. The Morgan fingerprint density at radius 1 is 0.833 bits per heavy atom. The second-order valence-electron chi connectivity index (χ2n) is 7.95. The first-order chi connectivity index (χ1) is 14.8. The summed E-state index contributed by atoms with van der Waals surface area (Å²) in [6, 6.07) is 27.9. The van der Waals surface area contributed by atoms with Gasteiger partial charge in [-0.05, 0) is 66.4 Å². The summed E-state index contributed by atoms with van der Waals surface area (Å²) in [4.78, 5) is 4.45. The lowest BCUT2D eigenvalue weighted by molar-refractivity contribution is 0.599. The van der Waals surface area contributed by atoms with Crippen molar-refractivity contribution in [2.45, 2.75) is 18.9 Å². The number of nitrogens with zero attached hydrogens (tertiary/aromatic N) is 2. The Kier molecular flexibility index (Phi) is 3.78. The number of hydrogen-bond donors (Lipinski definition) is 2. The van der Waals surface area contributed by atoms with Crippen LogP contribution in [0.25, 0.3) is 21.8 Å². The molecule has 0 amide bonds. The summed E-state index contributed by atoms with van der Waals surface area (Å²) in [5.41, 5.74) is 13.1. The number of nitrogens with one attached hydrogen (secondary N) is 1. The number of anilines is 3. The molecule has 0 saturated heterocycles. The van der Waals surface area contributed by atoms with Gasteiger partial charge in [0, 0.05) is 28.3 Å². The van der Waals surface area contributed by atoms with E-state index in [0.29, 0.717) is 11.9 Å². The van der Waals surface area contributed by atoms with Crippen LogP contribution in [0.5, 0.6) is 0 Å². The van der Waals surface area contributed by atoms with E-state index >= 15 is 0 Å². The third kappa shape index (κ3) is 2.65. The summed E-state index contributed by atoms with van der Waals surface area (Å²) in [5, 5.41) is 5.93. The lowest BCUT2D eigenvalue weighted by Gasteiger charge is -2.16. The molecule has 5 aromatic rings. The number of aryl methyl sites for hydroxylation is 1. The molecule has 4 nitrogen and oxygen atoms in total. The smallest absolute Gasteiger partial charge is 0.124 e. The minimum Gasteiger partial charge on any atom is -0.384 e. The summed E-state index contributed by atoms with van der Waals surface area (Å²) in [7, 11) is 0. The lowest BCUT2D eigenvalue weighted by Crippen LogP contribution is -2.05.